The van der Waals surface area contributed by atoms with Gasteiger partial charge < -0.3 is 19.7 Å². The molecule has 1 aromatic heterocycles. The van der Waals surface area contributed by atoms with E-state index in [0.717, 1.165) is 21.9 Å². The first kappa shape index (κ1) is 17.5. The molecule has 0 saturated carbocycles. The highest BCUT2D eigenvalue weighted by atomic mass is 16.6. The minimum atomic E-state index is -0.631. The Morgan fingerprint density at radius 2 is 1.60 bits per heavy atom. The lowest BCUT2D eigenvalue weighted by atomic mass is 10.1. The zero-order valence-electron chi connectivity index (χ0n) is 14.8. The zero-order chi connectivity index (χ0) is 17.9. The van der Waals surface area contributed by atoms with E-state index in [0.29, 0.717) is 11.9 Å². The third-order valence-corrected chi connectivity index (χ3v) is 3.80. The highest BCUT2D eigenvalue weighted by Crippen LogP contribution is 2.18. The van der Waals surface area contributed by atoms with Gasteiger partial charge in [-0.15, -0.1) is 0 Å². The molecule has 0 bridgehead atoms. The molecule has 0 radical (unpaired) electrons. The summed E-state index contributed by atoms with van der Waals surface area (Å²) in [5, 5.41) is 20.1. The molecule has 0 aliphatic heterocycles. The Balaban J connectivity index is 1.87. The van der Waals surface area contributed by atoms with E-state index in [-0.39, 0.29) is 12.1 Å². The van der Waals surface area contributed by atoms with E-state index < -0.39 is 6.10 Å². The average molecular weight is 340 g/mol. The van der Waals surface area contributed by atoms with Crippen LogP contribution in [0.25, 0.3) is 21.9 Å². The van der Waals surface area contributed by atoms with Crippen LogP contribution in [0.3, 0.4) is 0 Å². The monoisotopic (exact) mass is 340 g/mol. The van der Waals surface area contributed by atoms with Gasteiger partial charge >= 0.3 is 0 Å². The van der Waals surface area contributed by atoms with Crippen LogP contribution in [0.4, 0.5) is 0 Å². The summed E-state index contributed by atoms with van der Waals surface area (Å²) in [6.45, 7) is 6.73. The molecular weight excluding hydrogens is 316 g/mol. The van der Waals surface area contributed by atoms with Crippen molar-refractivity contribution in [2.24, 2.45) is 5.16 Å². The summed E-state index contributed by atoms with van der Waals surface area (Å²) in [6.07, 6.45) is -0.631. The van der Waals surface area contributed by atoms with Crippen LogP contribution < -0.4 is 10.7 Å². The molecule has 3 rings (SSSR count). The zero-order valence-corrected chi connectivity index (χ0v) is 14.8. The molecule has 1 unspecified atom stereocenters. The molecule has 25 heavy (non-hydrogen) atoms. The maximum Gasteiger partial charge on any atom is 0.144 e. The van der Waals surface area contributed by atoms with E-state index in [2.05, 4.69) is 31.2 Å². The van der Waals surface area contributed by atoms with Gasteiger partial charge in [0.15, 0.2) is 0 Å². The number of nitrogens with zero attached hydrogens (tertiary/aromatic N) is 1. The molecule has 1 heterocycles. The van der Waals surface area contributed by atoms with E-state index in [1.165, 1.54) is 0 Å². The van der Waals surface area contributed by atoms with Gasteiger partial charge in [0.05, 0.1) is 0 Å². The molecule has 0 aliphatic rings. The quantitative estimate of drug-likeness (QED) is 0.553. The lowest BCUT2D eigenvalue weighted by Gasteiger charge is -2.22. The highest BCUT2D eigenvalue weighted by Gasteiger charge is 2.12. The lowest BCUT2D eigenvalue weighted by Crippen LogP contribution is -2.42. The van der Waals surface area contributed by atoms with Crippen LogP contribution in [0, 0.1) is 0 Å². The van der Waals surface area contributed by atoms with Gasteiger partial charge in [0, 0.05) is 22.9 Å². The summed E-state index contributed by atoms with van der Waals surface area (Å²) in [4.78, 5) is 5.46. The average Bonchev–Trinajstić information content (AvgIpc) is 2.59. The van der Waals surface area contributed by atoms with E-state index in [9.17, 15) is 5.11 Å². The van der Waals surface area contributed by atoms with Gasteiger partial charge in [0.25, 0.3) is 0 Å². The van der Waals surface area contributed by atoms with Crippen LogP contribution in [-0.4, -0.2) is 29.9 Å². The van der Waals surface area contributed by atoms with Crippen molar-refractivity contribution in [2.75, 3.05) is 13.2 Å². The number of hydrogen-bond acceptors (Lipinski definition) is 5. The number of fused-ring (bicyclic) bond motifs is 2. The Morgan fingerprint density at radius 3 is 2.16 bits per heavy atom. The van der Waals surface area contributed by atoms with Crippen LogP contribution in [0.1, 0.15) is 20.8 Å². The van der Waals surface area contributed by atoms with E-state index in [4.69, 9.17) is 9.25 Å². The fourth-order valence-corrected chi connectivity index (χ4v) is 2.54. The predicted molar refractivity (Wildman–Crippen MR) is 99.0 cm³/mol. The van der Waals surface area contributed by atoms with Crippen LogP contribution in [0.2, 0.25) is 0 Å². The summed E-state index contributed by atoms with van der Waals surface area (Å²) in [7, 11) is 0. The Labute approximate surface area is 146 Å². The first-order chi connectivity index (χ1) is 11.9. The second-order valence-corrected chi connectivity index (χ2v) is 7.11. The Hall–Kier alpha value is -2.37. The van der Waals surface area contributed by atoms with E-state index in [1.807, 2.05) is 48.5 Å². The fourth-order valence-electron chi connectivity index (χ4n) is 2.54. The van der Waals surface area contributed by atoms with Crippen molar-refractivity contribution in [1.29, 1.82) is 0 Å². The number of para-hydroxylation sites is 2. The molecule has 0 amide bonds. The van der Waals surface area contributed by atoms with Crippen molar-refractivity contribution >= 4 is 21.9 Å². The van der Waals surface area contributed by atoms with Crippen molar-refractivity contribution in [3.8, 4) is 0 Å². The standard InChI is InChI=1S/C20H24N2O3/c1-20(2,3)21-12-14(23)13-24-22-19-15-8-4-6-10-17(15)25-18-11-7-5-9-16(18)19/h4-11,14,21,23H,12-13H2,1-3H3. The maximum absolute atomic E-state index is 10.1. The Bertz CT molecular complexity index is 868. The first-order valence-electron chi connectivity index (χ1n) is 8.44. The topological polar surface area (TPSA) is 67.0 Å². The predicted octanol–water partition coefficient (Wildman–Crippen LogP) is 3.17. The molecule has 1 atom stereocenters. The molecule has 3 aromatic rings. The second-order valence-electron chi connectivity index (χ2n) is 7.11. The molecule has 0 saturated heterocycles. The van der Waals surface area contributed by atoms with Crippen LogP contribution >= 0.6 is 0 Å². The molecule has 0 aliphatic carbocycles. The van der Waals surface area contributed by atoms with Gasteiger partial charge in [0.1, 0.15) is 29.2 Å². The Morgan fingerprint density at radius 1 is 1.04 bits per heavy atom. The van der Waals surface area contributed by atoms with Gasteiger partial charge in [-0.1, -0.05) is 29.4 Å². The van der Waals surface area contributed by atoms with Crippen LogP contribution in [0.5, 0.6) is 0 Å². The summed E-state index contributed by atoms with van der Waals surface area (Å²) < 4.78 is 5.92. The van der Waals surface area contributed by atoms with Crippen molar-refractivity contribution < 1.29 is 14.4 Å². The summed E-state index contributed by atoms with van der Waals surface area (Å²) in [5.74, 6) is 0. The Kier molecular flexibility index (Phi) is 5.06. The van der Waals surface area contributed by atoms with Gasteiger partial charge in [-0.3, -0.25) is 0 Å². The molecule has 0 spiro atoms. The normalized spacial score (nSPS) is 13.1. The number of hydrogen-bond donors (Lipinski definition) is 2. The van der Waals surface area contributed by atoms with Gasteiger partial charge in [-0.05, 0) is 45.0 Å². The van der Waals surface area contributed by atoms with Crippen molar-refractivity contribution in [1.82, 2.24) is 5.32 Å². The molecule has 2 N–H and O–H groups in total. The molecule has 2 aromatic carbocycles. The third kappa shape index (κ3) is 4.38. The largest absolute Gasteiger partial charge is 0.456 e. The summed E-state index contributed by atoms with van der Waals surface area (Å²) in [5.41, 5.74) is 1.45. The number of nitrogens with one attached hydrogen (secondary N) is 1. The second kappa shape index (κ2) is 7.25. The smallest absolute Gasteiger partial charge is 0.144 e. The fraction of sp³-hybridized carbons (Fsp3) is 0.350. The number of rotatable bonds is 5. The van der Waals surface area contributed by atoms with E-state index in [1.54, 1.807) is 0 Å². The van der Waals surface area contributed by atoms with Crippen molar-refractivity contribution in [3.63, 3.8) is 0 Å². The number of aliphatic hydroxyl groups is 1. The number of aliphatic hydroxyl groups excluding tert-OH is 1. The lowest BCUT2D eigenvalue weighted by molar-refractivity contribution is 0.0328. The molecule has 132 valence electrons. The summed E-state index contributed by atoms with van der Waals surface area (Å²) in [6, 6.07) is 15.4. The first-order valence-corrected chi connectivity index (χ1v) is 8.44. The molecule has 5 nitrogen and oxygen atoms in total. The van der Waals surface area contributed by atoms with Gasteiger partial charge in [-0.2, -0.15) is 0 Å². The minimum Gasteiger partial charge on any atom is -0.456 e. The summed E-state index contributed by atoms with van der Waals surface area (Å²) >= 11 is 0. The van der Waals surface area contributed by atoms with Crippen molar-refractivity contribution in [3.05, 3.63) is 53.9 Å². The van der Waals surface area contributed by atoms with Crippen molar-refractivity contribution in [2.45, 2.75) is 32.4 Å². The minimum absolute atomic E-state index is 0.0501. The van der Waals surface area contributed by atoms with Gasteiger partial charge in [0.2, 0.25) is 0 Å². The number of β-amino-alcohol motifs (C(OH)–C–C–N with tert-alkyl or cyclic N) is 1. The van der Waals surface area contributed by atoms with Crippen LogP contribution in [-0.2, 0) is 4.84 Å². The third-order valence-electron chi connectivity index (χ3n) is 3.80. The van der Waals surface area contributed by atoms with Crippen LogP contribution in [0.15, 0.2) is 58.1 Å². The molecule has 5 heteroatoms. The van der Waals surface area contributed by atoms with Gasteiger partial charge in [-0.25, -0.2) is 0 Å². The van der Waals surface area contributed by atoms with E-state index >= 15 is 0 Å². The molecule has 0 fully saturated rings. The molecular formula is C20H24N2O3. The highest BCUT2D eigenvalue weighted by molar-refractivity contribution is 5.89. The number of benzene rings is 2. The SMILES string of the molecule is CC(C)(C)NCC(O)CON=c1c2ccccc2oc2ccccc12. The maximum atomic E-state index is 10.1.